The van der Waals surface area contributed by atoms with E-state index < -0.39 is 6.17 Å². The quantitative estimate of drug-likeness (QED) is 0.657. The molecule has 3 aromatic rings. The summed E-state index contributed by atoms with van der Waals surface area (Å²) >= 11 is 12.4. The van der Waals surface area contributed by atoms with Gasteiger partial charge in [-0.05, 0) is 54.6 Å². The molecule has 27 heavy (non-hydrogen) atoms. The molecule has 2 aromatic carbocycles. The molecule has 2 heterocycles. The standard InChI is InChI=1S/C20H15Cl2N3O2/c1-27-14-7-5-13(6-8-14)25-19(18-15(20(25)26)3-2-10-23-18)24-17-11-12(21)4-9-16(17)22/h2-11,19,24H,1H3/t19-/m0/s1. The van der Waals surface area contributed by atoms with Crippen LogP contribution in [0.15, 0.2) is 60.8 Å². The van der Waals surface area contributed by atoms with Crippen molar-refractivity contribution in [2.45, 2.75) is 6.17 Å². The minimum atomic E-state index is -0.516. The topological polar surface area (TPSA) is 54.5 Å². The van der Waals surface area contributed by atoms with E-state index in [-0.39, 0.29) is 5.91 Å². The SMILES string of the molecule is COc1ccc(N2C(=O)c3cccnc3[C@H]2Nc2cc(Cl)ccc2Cl)cc1. The molecule has 1 atom stereocenters. The van der Waals surface area contributed by atoms with Gasteiger partial charge in [0.15, 0.2) is 6.17 Å². The van der Waals surface area contributed by atoms with E-state index in [1.54, 1.807) is 48.5 Å². The van der Waals surface area contributed by atoms with E-state index in [9.17, 15) is 4.79 Å². The number of fused-ring (bicyclic) bond motifs is 1. The molecule has 136 valence electrons. The molecule has 1 aliphatic rings. The monoisotopic (exact) mass is 399 g/mol. The normalized spacial score (nSPS) is 15.6. The molecule has 1 aliphatic heterocycles. The highest BCUT2D eigenvalue weighted by Gasteiger charge is 2.39. The molecule has 0 saturated carbocycles. The molecule has 4 rings (SSSR count). The summed E-state index contributed by atoms with van der Waals surface area (Å²) in [6, 6.07) is 15.9. The van der Waals surface area contributed by atoms with Crippen molar-refractivity contribution in [3.8, 4) is 5.75 Å². The maximum absolute atomic E-state index is 13.1. The van der Waals surface area contributed by atoms with E-state index in [0.717, 1.165) is 5.69 Å². The number of rotatable bonds is 4. The lowest BCUT2D eigenvalue weighted by atomic mass is 10.2. The third kappa shape index (κ3) is 3.20. The van der Waals surface area contributed by atoms with Crippen LogP contribution in [0, 0.1) is 0 Å². The molecule has 1 N–H and O–H groups in total. The second-order valence-electron chi connectivity index (χ2n) is 5.98. The van der Waals surface area contributed by atoms with Crippen molar-refractivity contribution in [2.24, 2.45) is 0 Å². The molecular weight excluding hydrogens is 385 g/mol. The van der Waals surface area contributed by atoms with Gasteiger partial charge in [0.25, 0.3) is 5.91 Å². The van der Waals surface area contributed by atoms with Crippen LogP contribution in [0.25, 0.3) is 0 Å². The van der Waals surface area contributed by atoms with Crippen molar-refractivity contribution < 1.29 is 9.53 Å². The number of amides is 1. The van der Waals surface area contributed by atoms with Gasteiger partial charge in [0.1, 0.15) is 5.75 Å². The average Bonchev–Trinajstić information content (AvgIpc) is 2.97. The number of nitrogens with one attached hydrogen (secondary N) is 1. The van der Waals surface area contributed by atoms with Crippen LogP contribution in [0.2, 0.25) is 10.0 Å². The number of hydrogen-bond donors (Lipinski definition) is 1. The second kappa shape index (κ2) is 7.10. The Labute approximate surface area is 166 Å². The van der Waals surface area contributed by atoms with Crippen LogP contribution in [0.5, 0.6) is 5.75 Å². The van der Waals surface area contributed by atoms with Gasteiger partial charge in [-0.15, -0.1) is 0 Å². The first-order valence-corrected chi connectivity index (χ1v) is 8.98. The van der Waals surface area contributed by atoms with Crippen LogP contribution >= 0.6 is 23.2 Å². The van der Waals surface area contributed by atoms with E-state index in [2.05, 4.69) is 10.3 Å². The fourth-order valence-electron chi connectivity index (χ4n) is 3.08. The minimum Gasteiger partial charge on any atom is -0.497 e. The van der Waals surface area contributed by atoms with Crippen LogP contribution in [0.4, 0.5) is 11.4 Å². The summed E-state index contributed by atoms with van der Waals surface area (Å²) in [5.41, 5.74) is 2.52. The van der Waals surface area contributed by atoms with Gasteiger partial charge in [0.2, 0.25) is 0 Å². The Balaban J connectivity index is 1.78. The Hall–Kier alpha value is -2.76. The average molecular weight is 400 g/mol. The number of benzene rings is 2. The van der Waals surface area contributed by atoms with Gasteiger partial charge in [0, 0.05) is 16.9 Å². The zero-order chi connectivity index (χ0) is 19.0. The summed E-state index contributed by atoms with van der Waals surface area (Å²) in [5.74, 6) is 0.572. The van der Waals surface area contributed by atoms with Crippen molar-refractivity contribution in [3.63, 3.8) is 0 Å². The highest BCUT2D eigenvalue weighted by molar-refractivity contribution is 6.35. The Morgan fingerprint density at radius 2 is 1.89 bits per heavy atom. The van der Waals surface area contributed by atoms with Crippen LogP contribution in [0.3, 0.4) is 0 Å². The van der Waals surface area contributed by atoms with Gasteiger partial charge in [-0.25, -0.2) is 0 Å². The van der Waals surface area contributed by atoms with E-state index in [0.29, 0.717) is 32.7 Å². The summed E-state index contributed by atoms with van der Waals surface area (Å²) in [4.78, 5) is 19.1. The number of methoxy groups -OCH3 is 1. The van der Waals surface area contributed by atoms with Crippen LogP contribution in [-0.4, -0.2) is 18.0 Å². The zero-order valence-electron chi connectivity index (χ0n) is 14.3. The number of aromatic nitrogens is 1. The van der Waals surface area contributed by atoms with E-state index in [4.69, 9.17) is 27.9 Å². The molecule has 1 amide bonds. The molecule has 7 heteroatoms. The number of halogens is 2. The molecular formula is C20H15Cl2N3O2. The Kier molecular flexibility index (Phi) is 4.64. The third-order valence-electron chi connectivity index (χ3n) is 4.38. The Morgan fingerprint density at radius 1 is 1.11 bits per heavy atom. The van der Waals surface area contributed by atoms with Crippen molar-refractivity contribution >= 4 is 40.5 Å². The van der Waals surface area contributed by atoms with Crippen molar-refractivity contribution in [3.05, 3.63) is 82.1 Å². The van der Waals surface area contributed by atoms with Gasteiger partial charge in [-0.3, -0.25) is 14.7 Å². The summed E-state index contributed by atoms with van der Waals surface area (Å²) in [6.45, 7) is 0. The molecule has 0 radical (unpaired) electrons. The number of nitrogens with zero attached hydrogens (tertiary/aromatic N) is 2. The lowest BCUT2D eigenvalue weighted by Crippen LogP contribution is -2.32. The highest BCUT2D eigenvalue weighted by atomic mass is 35.5. The first kappa shape index (κ1) is 17.6. The molecule has 0 unspecified atom stereocenters. The largest absolute Gasteiger partial charge is 0.497 e. The summed E-state index contributed by atoms with van der Waals surface area (Å²) < 4.78 is 5.21. The fourth-order valence-corrected chi connectivity index (χ4v) is 3.43. The first-order chi connectivity index (χ1) is 13.1. The van der Waals surface area contributed by atoms with Crippen LogP contribution in [0.1, 0.15) is 22.2 Å². The molecule has 0 saturated heterocycles. The van der Waals surface area contributed by atoms with Crippen LogP contribution in [-0.2, 0) is 0 Å². The molecule has 0 fully saturated rings. The number of anilines is 2. The Bertz CT molecular complexity index is 1010. The highest BCUT2D eigenvalue weighted by Crippen LogP contribution is 2.39. The van der Waals surface area contributed by atoms with Gasteiger partial charge >= 0.3 is 0 Å². The van der Waals surface area contributed by atoms with Gasteiger partial charge < -0.3 is 10.1 Å². The number of carbonyl (C=O) groups excluding carboxylic acids is 1. The maximum atomic E-state index is 13.1. The van der Waals surface area contributed by atoms with E-state index in [1.807, 2.05) is 24.3 Å². The number of hydrogen-bond acceptors (Lipinski definition) is 4. The lowest BCUT2D eigenvalue weighted by Gasteiger charge is -2.27. The Morgan fingerprint density at radius 3 is 2.63 bits per heavy atom. The second-order valence-corrected chi connectivity index (χ2v) is 6.82. The number of pyridine rings is 1. The molecule has 0 aliphatic carbocycles. The lowest BCUT2D eigenvalue weighted by molar-refractivity contribution is 0.0993. The molecule has 1 aromatic heterocycles. The molecule has 0 bridgehead atoms. The van der Waals surface area contributed by atoms with Crippen molar-refractivity contribution in [1.82, 2.24) is 4.98 Å². The smallest absolute Gasteiger partial charge is 0.262 e. The van der Waals surface area contributed by atoms with Gasteiger partial charge in [-0.2, -0.15) is 0 Å². The molecule has 5 nitrogen and oxygen atoms in total. The van der Waals surface area contributed by atoms with E-state index in [1.165, 1.54) is 0 Å². The van der Waals surface area contributed by atoms with Crippen LogP contribution < -0.4 is 15.0 Å². The predicted molar refractivity (Wildman–Crippen MR) is 107 cm³/mol. The summed E-state index contributed by atoms with van der Waals surface area (Å²) in [6.07, 6.45) is 1.15. The zero-order valence-corrected chi connectivity index (χ0v) is 15.8. The summed E-state index contributed by atoms with van der Waals surface area (Å²) in [7, 11) is 1.60. The maximum Gasteiger partial charge on any atom is 0.262 e. The van der Waals surface area contributed by atoms with Crippen molar-refractivity contribution in [1.29, 1.82) is 0 Å². The fraction of sp³-hybridized carbons (Fsp3) is 0.100. The third-order valence-corrected chi connectivity index (χ3v) is 4.94. The van der Waals surface area contributed by atoms with Gasteiger partial charge in [-0.1, -0.05) is 23.2 Å². The number of carbonyl (C=O) groups is 1. The van der Waals surface area contributed by atoms with E-state index >= 15 is 0 Å². The number of ether oxygens (including phenoxy) is 1. The van der Waals surface area contributed by atoms with Crippen molar-refractivity contribution in [2.75, 3.05) is 17.3 Å². The summed E-state index contributed by atoms with van der Waals surface area (Å²) in [5, 5.41) is 4.36. The molecule has 0 spiro atoms. The predicted octanol–water partition coefficient (Wildman–Crippen LogP) is 5.17. The van der Waals surface area contributed by atoms with Gasteiger partial charge in [0.05, 0.1) is 29.1 Å². The minimum absolute atomic E-state index is 0.140. The first-order valence-electron chi connectivity index (χ1n) is 8.22.